The number of hydrogen-bond acceptors (Lipinski definition) is 3. The molecule has 2 aliphatic heterocycles. The summed E-state index contributed by atoms with van der Waals surface area (Å²) in [4.78, 5) is 17.0. The molecular weight excluding hydrogens is 300 g/mol. The van der Waals surface area contributed by atoms with Crippen molar-refractivity contribution in [3.63, 3.8) is 0 Å². The predicted molar refractivity (Wildman–Crippen MR) is 88.2 cm³/mol. The molecule has 2 heterocycles. The molecule has 0 aromatic heterocycles. The zero-order valence-corrected chi connectivity index (χ0v) is 13.7. The fourth-order valence-corrected chi connectivity index (χ4v) is 3.89. The predicted octanol–water partition coefficient (Wildman–Crippen LogP) is 2.68. The number of carbonyl (C=O) groups is 1. The van der Waals surface area contributed by atoms with E-state index in [1.165, 1.54) is 0 Å². The Morgan fingerprint density at radius 3 is 2.68 bits per heavy atom. The SMILES string of the molecule is CC(O)CC1CCCN1C1CCN(c2ccc(Cl)cc2)C1=O. The summed E-state index contributed by atoms with van der Waals surface area (Å²) in [6, 6.07) is 7.74. The Kier molecular flexibility index (Phi) is 4.71. The van der Waals surface area contributed by atoms with Crippen LogP contribution in [-0.4, -0.2) is 47.2 Å². The van der Waals surface area contributed by atoms with Crippen LogP contribution in [0.3, 0.4) is 0 Å². The number of aliphatic hydroxyl groups excluding tert-OH is 1. The number of benzene rings is 1. The van der Waals surface area contributed by atoms with E-state index in [1.807, 2.05) is 36.1 Å². The molecule has 0 saturated carbocycles. The Morgan fingerprint density at radius 1 is 1.27 bits per heavy atom. The Hall–Kier alpha value is -1.10. The van der Waals surface area contributed by atoms with Crippen molar-refractivity contribution in [1.82, 2.24) is 4.90 Å². The maximum absolute atomic E-state index is 12.8. The maximum Gasteiger partial charge on any atom is 0.244 e. The highest BCUT2D eigenvalue weighted by Crippen LogP contribution is 2.31. The third-order valence-electron chi connectivity index (χ3n) is 4.75. The van der Waals surface area contributed by atoms with Gasteiger partial charge in [-0.15, -0.1) is 0 Å². The van der Waals surface area contributed by atoms with Gasteiger partial charge in [0.1, 0.15) is 0 Å². The molecule has 2 saturated heterocycles. The summed E-state index contributed by atoms with van der Waals surface area (Å²) in [5.41, 5.74) is 0.920. The first-order chi connectivity index (χ1) is 10.6. The summed E-state index contributed by atoms with van der Waals surface area (Å²) in [6.45, 7) is 3.54. The number of halogens is 1. The van der Waals surface area contributed by atoms with E-state index >= 15 is 0 Å². The van der Waals surface area contributed by atoms with Crippen molar-refractivity contribution in [2.75, 3.05) is 18.0 Å². The standard InChI is InChI=1S/C17H23ClN2O2/c1-12(21)11-15-3-2-9-19(15)16-8-10-20(17(16)22)14-6-4-13(18)5-7-14/h4-7,12,15-16,21H,2-3,8-11H2,1H3. The molecule has 0 aliphatic carbocycles. The monoisotopic (exact) mass is 322 g/mol. The molecule has 0 spiro atoms. The summed E-state index contributed by atoms with van der Waals surface area (Å²) in [6.07, 6.45) is 3.50. The van der Waals surface area contributed by atoms with Gasteiger partial charge in [-0.1, -0.05) is 11.6 Å². The van der Waals surface area contributed by atoms with Crippen LogP contribution in [0.4, 0.5) is 5.69 Å². The zero-order chi connectivity index (χ0) is 15.7. The molecule has 22 heavy (non-hydrogen) atoms. The fraction of sp³-hybridized carbons (Fsp3) is 0.588. The Balaban J connectivity index is 1.71. The summed E-state index contributed by atoms with van der Waals surface area (Å²) < 4.78 is 0. The normalized spacial score (nSPS) is 27.6. The number of rotatable bonds is 4. The molecule has 120 valence electrons. The smallest absolute Gasteiger partial charge is 0.244 e. The van der Waals surface area contributed by atoms with Gasteiger partial charge in [0, 0.05) is 23.3 Å². The van der Waals surface area contributed by atoms with Crippen LogP contribution in [0.25, 0.3) is 0 Å². The van der Waals surface area contributed by atoms with Crippen LogP contribution in [0.2, 0.25) is 5.02 Å². The first kappa shape index (κ1) is 15.8. The Bertz CT molecular complexity index is 532. The fourth-order valence-electron chi connectivity index (χ4n) is 3.77. The highest BCUT2D eigenvalue weighted by atomic mass is 35.5. The number of aliphatic hydroxyl groups is 1. The lowest BCUT2D eigenvalue weighted by molar-refractivity contribution is -0.122. The van der Waals surface area contributed by atoms with E-state index in [0.717, 1.165) is 44.5 Å². The number of likely N-dealkylation sites (tertiary alicyclic amines) is 1. The summed E-state index contributed by atoms with van der Waals surface area (Å²) >= 11 is 5.92. The van der Waals surface area contributed by atoms with Crippen molar-refractivity contribution in [3.05, 3.63) is 29.3 Å². The van der Waals surface area contributed by atoms with Gasteiger partial charge in [0.15, 0.2) is 0 Å². The van der Waals surface area contributed by atoms with Crippen LogP contribution >= 0.6 is 11.6 Å². The summed E-state index contributed by atoms with van der Waals surface area (Å²) in [5.74, 6) is 0.180. The van der Waals surface area contributed by atoms with E-state index in [-0.39, 0.29) is 18.1 Å². The number of hydrogen-bond donors (Lipinski definition) is 1. The molecule has 0 radical (unpaired) electrons. The van der Waals surface area contributed by atoms with Gasteiger partial charge in [0.05, 0.1) is 12.1 Å². The molecule has 1 aromatic carbocycles. The summed E-state index contributed by atoms with van der Waals surface area (Å²) in [5, 5.41) is 10.3. The van der Waals surface area contributed by atoms with E-state index in [0.29, 0.717) is 11.1 Å². The Morgan fingerprint density at radius 2 is 2.00 bits per heavy atom. The van der Waals surface area contributed by atoms with Gasteiger partial charge in [-0.3, -0.25) is 9.69 Å². The summed E-state index contributed by atoms with van der Waals surface area (Å²) in [7, 11) is 0. The molecule has 1 aromatic rings. The second-order valence-corrected chi connectivity index (χ2v) is 6.83. The minimum atomic E-state index is -0.311. The van der Waals surface area contributed by atoms with Crippen molar-refractivity contribution in [1.29, 1.82) is 0 Å². The average Bonchev–Trinajstić information content (AvgIpc) is 3.06. The van der Waals surface area contributed by atoms with Crippen LogP contribution in [0.15, 0.2) is 24.3 Å². The second-order valence-electron chi connectivity index (χ2n) is 6.39. The molecule has 1 N–H and O–H groups in total. The molecule has 1 amide bonds. The van der Waals surface area contributed by atoms with Gasteiger partial charge < -0.3 is 10.0 Å². The minimum absolute atomic E-state index is 0.0399. The lowest BCUT2D eigenvalue weighted by Gasteiger charge is -2.30. The van der Waals surface area contributed by atoms with E-state index in [4.69, 9.17) is 11.6 Å². The van der Waals surface area contributed by atoms with Crippen molar-refractivity contribution in [2.45, 2.75) is 50.8 Å². The lowest BCUT2D eigenvalue weighted by atomic mass is 10.1. The topological polar surface area (TPSA) is 43.8 Å². The number of amides is 1. The van der Waals surface area contributed by atoms with Crippen LogP contribution in [0.1, 0.15) is 32.6 Å². The van der Waals surface area contributed by atoms with Gasteiger partial charge in [0.25, 0.3) is 0 Å². The third kappa shape index (κ3) is 3.14. The molecular formula is C17H23ClN2O2. The quantitative estimate of drug-likeness (QED) is 0.927. The molecule has 3 atom stereocenters. The zero-order valence-electron chi connectivity index (χ0n) is 12.9. The van der Waals surface area contributed by atoms with Crippen LogP contribution in [0, 0.1) is 0 Å². The van der Waals surface area contributed by atoms with Gasteiger partial charge >= 0.3 is 0 Å². The lowest BCUT2D eigenvalue weighted by Crippen LogP contribution is -2.45. The van der Waals surface area contributed by atoms with Gasteiger partial charge in [-0.05, 0) is 63.4 Å². The molecule has 4 nitrogen and oxygen atoms in total. The molecule has 5 heteroatoms. The van der Waals surface area contributed by atoms with Crippen molar-refractivity contribution < 1.29 is 9.90 Å². The number of nitrogens with zero attached hydrogens (tertiary/aromatic N) is 2. The Labute approximate surface area is 136 Å². The van der Waals surface area contributed by atoms with Crippen molar-refractivity contribution >= 4 is 23.2 Å². The van der Waals surface area contributed by atoms with Crippen molar-refractivity contribution in [2.24, 2.45) is 0 Å². The molecule has 3 unspecified atom stereocenters. The molecule has 2 fully saturated rings. The average molecular weight is 323 g/mol. The molecule has 2 aliphatic rings. The second kappa shape index (κ2) is 6.57. The first-order valence-electron chi connectivity index (χ1n) is 8.07. The van der Waals surface area contributed by atoms with Crippen LogP contribution in [-0.2, 0) is 4.79 Å². The highest BCUT2D eigenvalue weighted by molar-refractivity contribution is 6.30. The third-order valence-corrected chi connectivity index (χ3v) is 5.00. The van der Waals surface area contributed by atoms with E-state index < -0.39 is 0 Å². The first-order valence-corrected chi connectivity index (χ1v) is 8.45. The van der Waals surface area contributed by atoms with Gasteiger partial charge in [-0.25, -0.2) is 0 Å². The highest BCUT2D eigenvalue weighted by Gasteiger charge is 2.41. The van der Waals surface area contributed by atoms with Crippen molar-refractivity contribution in [3.8, 4) is 0 Å². The number of carbonyl (C=O) groups excluding carboxylic acids is 1. The van der Waals surface area contributed by atoms with E-state index in [2.05, 4.69) is 4.90 Å². The molecule has 3 rings (SSSR count). The van der Waals surface area contributed by atoms with Crippen LogP contribution in [0.5, 0.6) is 0 Å². The molecule has 0 bridgehead atoms. The van der Waals surface area contributed by atoms with Crippen LogP contribution < -0.4 is 4.90 Å². The van der Waals surface area contributed by atoms with Gasteiger partial charge in [-0.2, -0.15) is 0 Å². The maximum atomic E-state index is 12.8. The van der Waals surface area contributed by atoms with Gasteiger partial charge in [0.2, 0.25) is 5.91 Å². The largest absolute Gasteiger partial charge is 0.393 e. The van der Waals surface area contributed by atoms with E-state index in [1.54, 1.807) is 0 Å². The van der Waals surface area contributed by atoms with E-state index in [9.17, 15) is 9.90 Å². The minimum Gasteiger partial charge on any atom is -0.393 e. The number of anilines is 1.